The largest absolute Gasteiger partial charge is 0.370 e. The Bertz CT molecular complexity index is 410. The number of nitrogens with zero attached hydrogens (tertiary/aromatic N) is 2. The van der Waals surface area contributed by atoms with Crippen LogP contribution in [0.4, 0.5) is 0 Å². The molecule has 1 unspecified atom stereocenters. The van der Waals surface area contributed by atoms with Gasteiger partial charge in [-0.1, -0.05) is 38.5 Å². The van der Waals surface area contributed by atoms with Crippen LogP contribution in [0.5, 0.6) is 0 Å². The summed E-state index contributed by atoms with van der Waals surface area (Å²) in [7, 11) is 0. The highest BCUT2D eigenvalue weighted by Gasteiger charge is 2.23. The smallest absolute Gasteiger partial charge is 0.217 e. The van der Waals surface area contributed by atoms with Crippen molar-refractivity contribution in [3.05, 3.63) is 0 Å². The molecule has 0 spiro atoms. The number of aliphatic imine (C=N–C) groups is 1. The first-order chi connectivity index (χ1) is 11.7. The molecule has 1 amide bonds. The van der Waals surface area contributed by atoms with Gasteiger partial charge < -0.3 is 16.0 Å². The molecule has 5 nitrogen and oxygen atoms in total. The lowest BCUT2D eigenvalue weighted by Crippen LogP contribution is -2.47. The predicted molar refractivity (Wildman–Crippen MR) is 115 cm³/mol. The fourth-order valence-corrected chi connectivity index (χ4v) is 4.16. The van der Waals surface area contributed by atoms with Crippen LogP contribution in [0, 0.1) is 11.8 Å². The van der Waals surface area contributed by atoms with Gasteiger partial charge in [0, 0.05) is 32.6 Å². The quantitative estimate of drug-likeness (QED) is 0.250. The number of rotatable bonds is 8. The fourth-order valence-electron chi connectivity index (χ4n) is 4.16. The number of guanidine groups is 1. The molecule has 1 aliphatic carbocycles. The average molecular weight is 464 g/mol. The Morgan fingerprint density at radius 3 is 2.56 bits per heavy atom. The average Bonchev–Trinajstić information content (AvgIpc) is 3.06. The van der Waals surface area contributed by atoms with Gasteiger partial charge in [-0.3, -0.25) is 9.79 Å². The topological polar surface area (TPSA) is 70.7 Å². The van der Waals surface area contributed by atoms with Crippen LogP contribution in [0.15, 0.2) is 4.99 Å². The standard InChI is InChI=1S/C19H36N4O.HI/c1-2-21-19(22-12-6-5-10-16-8-3-4-9-16)23-13-7-11-17(15-23)14-18(20)24;/h16-17H,2-15H2,1H3,(H2,20,24)(H,21,22);1H. The van der Waals surface area contributed by atoms with E-state index >= 15 is 0 Å². The van der Waals surface area contributed by atoms with Crippen molar-refractivity contribution in [2.45, 2.75) is 71.1 Å². The third-order valence-electron chi connectivity index (χ3n) is 5.40. The summed E-state index contributed by atoms with van der Waals surface area (Å²) in [6.45, 7) is 5.84. The van der Waals surface area contributed by atoms with Crippen molar-refractivity contribution >= 4 is 35.8 Å². The molecule has 6 heteroatoms. The van der Waals surface area contributed by atoms with E-state index in [-0.39, 0.29) is 29.9 Å². The Morgan fingerprint density at radius 2 is 1.88 bits per heavy atom. The second-order valence-corrected chi connectivity index (χ2v) is 7.51. The highest BCUT2D eigenvalue weighted by atomic mass is 127. The van der Waals surface area contributed by atoms with Crippen LogP contribution in [0.25, 0.3) is 0 Å². The van der Waals surface area contributed by atoms with Crippen LogP contribution in [-0.4, -0.2) is 42.9 Å². The molecular weight excluding hydrogens is 427 g/mol. The van der Waals surface area contributed by atoms with Gasteiger partial charge in [-0.25, -0.2) is 0 Å². The van der Waals surface area contributed by atoms with E-state index in [0.717, 1.165) is 50.9 Å². The monoisotopic (exact) mass is 464 g/mol. The number of nitrogens with one attached hydrogen (secondary N) is 1. The summed E-state index contributed by atoms with van der Waals surface area (Å²) >= 11 is 0. The van der Waals surface area contributed by atoms with E-state index in [9.17, 15) is 4.79 Å². The zero-order chi connectivity index (χ0) is 17.2. The molecule has 25 heavy (non-hydrogen) atoms. The molecule has 0 aromatic rings. The summed E-state index contributed by atoms with van der Waals surface area (Å²) in [5.41, 5.74) is 5.37. The van der Waals surface area contributed by atoms with Crippen LogP contribution < -0.4 is 11.1 Å². The first kappa shape index (κ1) is 22.5. The van der Waals surface area contributed by atoms with Crippen molar-refractivity contribution in [1.82, 2.24) is 10.2 Å². The van der Waals surface area contributed by atoms with Crippen molar-refractivity contribution < 1.29 is 4.79 Å². The van der Waals surface area contributed by atoms with Crippen molar-refractivity contribution in [1.29, 1.82) is 0 Å². The van der Waals surface area contributed by atoms with Crippen LogP contribution >= 0.6 is 24.0 Å². The van der Waals surface area contributed by atoms with Gasteiger partial charge >= 0.3 is 0 Å². The molecule has 0 radical (unpaired) electrons. The normalized spacial score (nSPS) is 21.9. The molecule has 1 saturated carbocycles. The Balaban J connectivity index is 0.00000312. The number of unbranched alkanes of at least 4 members (excludes halogenated alkanes) is 1. The Morgan fingerprint density at radius 1 is 1.16 bits per heavy atom. The summed E-state index contributed by atoms with van der Waals surface area (Å²) in [6.07, 6.45) is 12.4. The summed E-state index contributed by atoms with van der Waals surface area (Å²) in [6, 6.07) is 0. The maximum Gasteiger partial charge on any atom is 0.217 e. The molecule has 1 heterocycles. The van der Waals surface area contributed by atoms with E-state index in [4.69, 9.17) is 10.7 Å². The minimum absolute atomic E-state index is 0. The number of nitrogens with two attached hydrogens (primary N) is 1. The van der Waals surface area contributed by atoms with Gasteiger partial charge in [-0.2, -0.15) is 0 Å². The minimum Gasteiger partial charge on any atom is -0.370 e. The lowest BCUT2D eigenvalue weighted by atomic mass is 9.95. The molecule has 2 fully saturated rings. The maximum absolute atomic E-state index is 11.2. The third kappa shape index (κ3) is 8.60. The van der Waals surface area contributed by atoms with Gasteiger partial charge in [0.2, 0.25) is 5.91 Å². The molecule has 1 aliphatic heterocycles. The van der Waals surface area contributed by atoms with Crippen LogP contribution in [0.1, 0.15) is 71.1 Å². The van der Waals surface area contributed by atoms with E-state index in [1.54, 1.807) is 0 Å². The van der Waals surface area contributed by atoms with E-state index in [1.165, 1.54) is 44.9 Å². The number of primary amides is 1. The third-order valence-corrected chi connectivity index (χ3v) is 5.40. The van der Waals surface area contributed by atoms with E-state index in [1.807, 2.05) is 0 Å². The fraction of sp³-hybridized carbons (Fsp3) is 0.895. The number of halogens is 1. The number of carbonyl (C=O) groups excluding carboxylic acids is 1. The molecule has 1 saturated heterocycles. The van der Waals surface area contributed by atoms with Crippen LogP contribution in [0.2, 0.25) is 0 Å². The minimum atomic E-state index is -0.185. The number of carbonyl (C=O) groups is 1. The number of likely N-dealkylation sites (tertiary alicyclic amines) is 1. The number of piperidine rings is 1. The second kappa shape index (κ2) is 12.8. The first-order valence-corrected chi connectivity index (χ1v) is 10.0. The zero-order valence-electron chi connectivity index (χ0n) is 15.8. The van der Waals surface area contributed by atoms with Gasteiger partial charge in [0.05, 0.1) is 0 Å². The SMILES string of the molecule is CCNC(=NCCCCC1CCCC1)N1CCCC(CC(N)=O)C1.I. The van der Waals surface area contributed by atoms with Crippen LogP contribution in [-0.2, 0) is 4.79 Å². The maximum atomic E-state index is 11.2. The Hall–Kier alpha value is -0.530. The Labute approximate surface area is 170 Å². The highest BCUT2D eigenvalue weighted by molar-refractivity contribution is 14.0. The summed E-state index contributed by atoms with van der Waals surface area (Å²) in [4.78, 5) is 18.3. The van der Waals surface area contributed by atoms with Gasteiger partial charge in [-0.05, 0) is 38.0 Å². The van der Waals surface area contributed by atoms with E-state index in [0.29, 0.717) is 12.3 Å². The van der Waals surface area contributed by atoms with Gasteiger partial charge in [0.1, 0.15) is 0 Å². The Kier molecular flexibility index (Phi) is 11.5. The van der Waals surface area contributed by atoms with E-state index < -0.39 is 0 Å². The van der Waals surface area contributed by atoms with Crippen molar-refractivity contribution in [3.63, 3.8) is 0 Å². The summed E-state index contributed by atoms with van der Waals surface area (Å²) in [5.74, 6) is 2.20. The lowest BCUT2D eigenvalue weighted by Gasteiger charge is -2.34. The molecule has 146 valence electrons. The summed E-state index contributed by atoms with van der Waals surface area (Å²) < 4.78 is 0. The van der Waals surface area contributed by atoms with Crippen LogP contribution in [0.3, 0.4) is 0 Å². The number of amides is 1. The lowest BCUT2D eigenvalue weighted by molar-refractivity contribution is -0.119. The molecule has 2 rings (SSSR count). The molecule has 2 aliphatic rings. The first-order valence-electron chi connectivity index (χ1n) is 10.0. The zero-order valence-corrected chi connectivity index (χ0v) is 18.2. The molecule has 0 aromatic heterocycles. The number of hydrogen-bond donors (Lipinski definition) is 2. The molecule has 0 aromatic carbocycles. The van der Waals surface area contributed by atoms with Crippen molar-refractivity contribution in [2.75, 3.05) is 26.2 Å². The predicted octanol–water partition coefficient (Wildman–Crippen LogP) is 3.52. The molecule has 0 bridgehead atoms. The number of hydrogen-bond acceptors (Lipinski definition) is 2. The second-order valence-electron chi connectivity index (χ2n) is 7.51. The summed E-state index contributed by atoms with van der Waals surface area (Å²) in [5, 5.41) is 3.42. The molecular formula is C19H37IN4O. The van der Waals surface area contributed by atoms with Crippen molar-refractivity contribution in [2.24, 2.45) is 22.6 Å². The highest BCUT2D eigenvalue weighted by Crippen LogP contribution is 2.28. The van der Waals surface area contributed by atoms with Gasteiger partial charge in [0.15, 0.2) is 5.96 Å². The molecule has 1 atom stereocenters. The molecule has 3 N–H and O–H groups in total. The van der Waals surface area contributed by atoms with Gasteiger partial charge in [-0.15, -0.1) is 24.0 Å². The van der Waals surface area contributed by atoms with Crippen molar-refractivity contribution in [3.8, 4) is 0 Å². The van der Waals surface area contributed by atoms with E-state index in [2.05, 4.69) is 17.1 Å². The van der Waals surface area contributed by atoms with Gasteiger partial charge in [0.25, 0.3) is 0 Å².